The third kappa shape index (κ3) is 2.60. The van der Waals surface area contributed by atoms with Crippen LogP contribution in [0.3, 0.4) is 0 Å². The van der Waals surface area contributed by atoms with Crippen molar-refractivity contribution in [1.29, 1.82) is 0 Å². The number of aromatic amines is 1. The molecule has 1 aromatic heterocycles. The summed E-state index contributed by atoms with van der Waals surface area (Å²) in [5.74, 6) is -0.263. The second-order valence-electron chi connectivity index (χ2n) is 7.49. The van der Waals surface area contributed by atoms with Crippen LogP contribution >= 0.6 is 0 Å². The second kappa shape index (κ2) is 6.34. The van der Waals surface area contributed by atoms with E-state index < -0.39 is 0 Å². The molecule has 2 aliphatic heterocycles. The van der Waals surface area contributed by atoms with Gasteiger partial charge in [-0.15, -0.1) is 0 Å². The molecule has 6 heteroatoms. The summed E-state index contributed by atoms with van der Waals surface area (Å²) in [5, 5.41) is 5.22. The van der Waals surface area contributed by atoms with Crippen LogP contribution in [0.1, 0.15) is 34.1 Å². The maximum Gasteiger partial charge on any atom is 0.272 e. The zero-order valence-corrected chi connectivity index (χ0v) is 15.5. The van der Waals surface area contributed by atoms with Gasteiger partial charge in [0.2, 0.25) is 5.91 Å². The van der Waals surface area contributed by atoms with Gasteiger partial charge in [-0.1, -0.05) is 43.3 Å². The van der Waals surface area contributed by atoms with Gasteiger partial charge in [0.05, 0.1) is 24.4 Å². The van der Waals surface area contributed by atoms with Gasteiger partial charge in [-0.2, -0.15) is 5.10 Å². The number of rotatable bonds is 3. The van der Waals surface area contributed by atoms with Crippen molar-refractivity contribution in [2.24, 2.45) is 11.0 Å². The number of H-pyrrole nitrogens is 1. The summed E-state index contributed by atoms with van der Waals surface area (Å²) < 4.78 is 0. The summed E-state index contributed by atoms with van der Waals surface area (Å²) in [6.07, 6.45) is 0.698. The average Bonchev–Trinajstić information content (AvgIpc) is 3.03. The number of benzene rings is 2. The highest BCUT2D eigenvalue weighted by molar-refractivity contribution is 6.21. The lowest BCUT2D eigenvalue weighted by molar-refractivity contribution is -0.135. The van der Waals surface area contributed by atoms with Crippen molar-refractivity contribution >= 4 is 28.4 Å². The largest absolute Gasteiger partial charge is 0.356 e. The quantitative estimate of drug-likeness (QED) is 0.742. The molecule has 5 rings (SSSR count). The van der Waals surface area contributed by atoms with Gasteiger partial charge in [-0.25, -0.2) is 5.43 Å². The molecular weight excluding hydrogens is 352 g/mol. The Morgan fingerprint density at radius 2 is 1.96 bits per heavy atom. The van der Waals surface area contributed by atoms with Gasteiger partial charge in [0.25, 0.3) is 5.91 Å². The van der Waals surface area contributed by atoms with Crippen LogP contribution < -0.4 is 5.43 Å². The molecule has 3 aromatic rings. The fourth-order valence-corrected chi connectivity index (χ4v) is 4.23. The molecule has 6 nitrogen and oxygen atoms in total. The van der Waals surface area contributed by atoms with E-state index in [2.05, 4.69) is 15.5 Å². The van der Waals surface area contributed by atoms with Crippen LogP contribution in [0, 0.1) is 5.92 Å². The molecule has 2 N–H and O–H groups in total. The molecule has 1 atom stereocenters. The first-order valence-electron chi connectivity index (χ1n) is 9.45. The lowest BCUT2D eigenvalue weighted by atomic mass is 9.95. The Balaban J connectivity index is 1.48. The summed E-state index contributed by atoms with van der Waals surface area (Å²) in [7, 11) is 0. The van der Waals surface area contributed by atoms with Gasteiger partial charge < -0.3 is 9.88 Å². The zero-order valence-electron chi connectivity index (χ0n) is 15.5. The van der Waals surface area contributed by atoms with E-state index in [9.17, 15) is 9.59 Å². The monoisotopic (exact) mass is 372 g/mol. The highest BCUT2D eigenvalue weighted by atomic mass is 16.2. The Morgan fingerprint density at radius 3 is 2.79 bits per heavy atom. The number of hydrogen-bond donors (Lipinski definition) is 2. The summed E-state index contributed by atoms with van der Waals surface area (Å²) in [5.41, 5.74) is 7.92. The molecule has 140 valence electrons. The average molecular weight is 372 g/mol. The number of nitrogens with zero attached hydrogens (tertiary/aromatic N) is 2. The van der Waals surface area contributed by atoms with Crippen LogP contribution in [-0.2, 0) is 17.8 Å². The fraction of sp³-hybridized carbons (Fsp3) is 0.227. The smallest absolute Gasteiger partial charge is 0.272 e. The summed E-state index contributed by atoms with van der Waals surface area (Å²) in [4.78, 5) is 30.7. The minimum atomic E-state index is -0.218. The number of hydrogen-bond acceptors (Lipinski definition) is 3. The molecule has 0 spiro atoms. The van der Waals surface area contributed by atoms with E-state index in [4.69, 9.17) is 0 Å². The molecule has 0 fully saturated rings. The molecule has 0 radical (unpaired) electrons. The maximum atomic E-state index is 13.1. The highest BCUT2D eigenvalue weighted by Gasteiger charge is 2.33. The molecule has 0 unspecified atom stereocenters. The Hall–Kier alpha value is -3.41. The molecule has 3 heterocycles. The summed E-state index contributed by atoms with van der Waals surface area (Å²) in [6.45, 7) is 2.85. The van der Waals surface area contributed by atoms with Crippen molar-refractivity contribution in [1.82, 2.24) is 15.3 Å². The van der Waals surface area contributed by atoms with E-state index in [1.165, 1.54) is 0 Å². The summed E-state index contributed by atoms with van der Waals surface area (Å²) >= 11 is 0. The highest BCUT2D eigenvalue weighted by Crippen LogP contribution is 2.32. The van der Waals surface area contributed by atoms with Gasteiger partial charge >= 0.3 is 0 Å². The van der Waals surface area contributed by atoms with E-state index in [0.29, 0.717) is 25.1 Å². The lowest BCUT2D eigenvalue weighted by Gasteiger charge is -2.30. The lowest BCUT2D eigenvalue weighted by Crippen LogP contribution is -2.43. The first-order valence-corrected chi connectivity index (χ1v) is 9.45. The van der Waals surface area contributed by atoms with Crippen LogP contribution in [-0.4, -0.2) is 34.0 Å². The van der Waals surface area contributed by atoms with Crippen molar-refractivity contribution in [3.05, 3.63) is 70.9 Å². The number of carbonyl (C=O) groups is 2. The number of aromatic nitrogens is 1. The van der Waals surface area contributed by atoms with E-state index in [1.807, 2.05) is 60.4 Å². The minimum Gasteiger partial charge on any atom is -0.356 e. The van der Waals surface area contributed by atoms with E-state index in [-0.39, 0.29) is 17.7 Å². The maximum absolute atomic E-state index is 13.1. The molecule has 0 aliphatic carbocycles. The Kier molecular flexibility index (Phi) is 3.79. The van der Waals surface area contributed by atoms with E-state index >= 15 is 0 Å². The van der Waals surface area contributed by atoms with Crippen LogP contribution in [0.2, 0.25) is 0 Å². The zero-order chi connectivity index (χ0) is 19.3. The summed E-state index contributed by atoms with van der Waals surface area (Å²) in [6, 6.07) is 15.7. The molecule has 28 heavy (non-hydrogen) atoms. The van der Waals surface area contributed by atoms with Gasteiger partial charge in [-0.05, 0) is 24.1 Å². The van der Waals surface area contributed by atoms with Crippen molar-refractivity contribution in [2.45, 2.75) is 19.9 Å². The minimum absolute atomic E-state index is 0.0895. The van der Waals surface area contributed by atoms with Crippen LogP contribution in [0.5, 0.6) is 0 Å². The SMILES string of the molecule is C[C@@H](Cc1ccccc1)C(=O)N1CC2=NNC(=O)c3cccc4[nH]c(c2c34)C1. The topological polar surface area (TPSA) is 77.6 Å². The number of amides is 2. The van der Waals surface area contributed by atoms with Gasteiger partial charge in [0, 0.05) is 28.1 Å². The second-order valence-corrected chi connectivity index (χ2v) is 7.49. The number of nitrogens with one attached hydrogen (secondary N) is 2. The predicted molar refractivity (Wildman–Crippen MR) is 107 cm³/mol. The van der Waals surface area contributed by atoms with E-state index in [0.717, 1.165) is 33.4 Å². The normalized spacial score (nSPS) is 16.4. The van der Waals surface area contributed by atoms with Crippen molar-refractivity contribution in [3.63, 3.8) is 0 Å². The van der Waals surface area contributed by atoms with Gasteiger partial charge in [-0.3, -0.25) is 9.59 Å². The molecule has 2 aliphatic rings. The van der Waals surface area contributed by atoms with Gasteiger partial charge in [0.15, 0.2) is 0 Å². The predicted octanol–water partition coefficient (Wildman–Crippen LogP) is 2.84. The molecule has 0 bridgehead atoms. The first-order chi connectivity index (χ1) is 13.6. The first kappa shape index (κ1) is 16.7. The molecule has 0 saturated carbocycles. The van der Waals surface area contributed by atoms with Gasteiger partial charge in [0.1, 0.15) is 0 Å². The van der Waals surface area contributed by atoms with Crippen molar-refractivity contribution < 1.29 is 9.59 Å². The molecule has 0 saturated heterocycles. The van der Waals surface area contributed by atoms with Crippen molar-refractivity contribution in [2.75, 3.05) is 6.54 Å². The van der Waals surface area contributed by atoms with Crippen LogP contribution in [0.15, 0.2) is 53.6 Å². The Labute approximate surface area is 162 Å². The third-order valence-electron chi connectivity index (χ3n) is 5.53. The Bertz CT molecular complexity index is 1130. The molecule has 2 aromatic carbocycles. The number of carbonyl (C=O) groups excluding carboxylic acids is 2. The molecular formula is C22H20N4O2. The van der Waals surface area contributed by atoms with E-state index in [1.54, 1.807) is 0 Å². The molecule has 2 amide bonds. The standard InChI is InChI=1S/C22H20N4O2/c1-13(10-14-6-3-2-4-7-14)22(28)26-11-17-20-18(12-26)24-25-21(27)15-8-5-9-16(23-17)19(15)20/h2-9,13,23H,10-12H2,1H3,(H,25,27)/t13-/m0/s1. The van der Waals surface area contributed by atoms with Crippen molar-refractivity contribution in [3.8, 4) is 0 Å². The number of hydrazone groups is 1. The third-order valence-corrected chi connectivity index (χ3v) is 5.53. The van der Waals surface area contributed by atoms with Crippen LogP contribution in [0.25, 0.3) is 10.9 Å². The van der Waals surface area contributed by atoms with Crippen LogP contribution in [0.4, 0.5) is 0 Å². The Morgan fingerprint density at radius 1 is 1.14 bits per heavy atom. The fourth-order valence-electron chi connectivity index (χ4n) is 4.23.